The van der Waals surface area contributed by atoms with Gasteiger partial charge in [-0.2, -0.15) is 5.10 Å². The summed E-state index contributed by atoms with van der Waals surface area (Å²) in [6, 6.07) is 7.95. The van der Waals surface area contributed by atoms with Crippen LogP contribution in [-0.4, -0.2) is 27.6 Å². The molecule has 1 aromatic heterocycles. The molecule has 0 bridgehead atoms. The third kappa shape index (κ3) is 3.80. The fourth-order valence-corrected chi connectivity index (χ4v) is 2.46. The van der Waals surface area contributed by atoms with E-state index in [9.17, 15) is 0 Å². The molecule has 2 aromatic rings. The van der Waals surface area contributed by atoms with Crippen LogP contribution in [0.4, 0.5) is 5.69 Å². The van der Waals surface area contributed by atoms with E-state index in [1.54, 1.807) is 0 Å². The highest BCUT2D eigenvalue weighted by Gasteiger charge is 2.12. The Bertz CT molecular complexity index is 620. The molecule has 0 aliphatic rings. The summed E-state index contributed by atoms with van der Waals surface area (Å²) in [4.78, 5) is 0. The summed E-state index contributed by atoms with van der Waals surface area (Å²) >= 11 is 0. The van der Waals surface area contributed by atoms with Crippen LogP contribution < -0.4 is 10.1 Å². The topological polar surface area (TPSA) is 59.3 Å². The monoisotopic (exact) mass is 303 g/mol. The van der Waals surface area contributed by atoms with Gasteiger partial charge in [0.1, 0.15) is 5.75 Å². The van der Waals surface area contributed by atoms with Gasteiger partial charge in [0.05, 0.1) is 30.6 Å². The minimum Gasteiger partial charge on any atom is -0.489 e. The molecule has 1 heterocycles. The number of rotatable bonds is 7. The largest absolute Gasteiger partial charge is 0.489 e. The van der Waals surface area contributed by atoms with E-state index in [0.29, 0.717) is 13.1 Å². The number of anilines is 1. The summed E-state index contributed by atoms with van der Waals surface area (Å²) in [6.45, 7) is 9.37. The van der Waals surface area contributed by atoms with E-state index < -0.39 is 0 Å². The van der Waals surface area contributed by atoms with Crippen molar-refractivity contribution in [1.82, 2.24) is 9.78 Å². The number of hydrogen-bond acceptors (Lipinski definition) is 4. The van der Waals surface area contributed by atoms with E-state index in [4.69, 9.17) is 9.84 Å². The zero-order chi connectivity index (χ0) is 16.1. The molecule has 2 N–H and O–H groups in total. The van der Waals surface area contributed by atoms with Gasteiger partial charge in [-0.3, -0.25) is 4.68 Å². The van der Waals surface area contributed by atoms with Crippen molar-refractivity contribution in [1.29, 1.82) is 0 Å². The number of nitrogens with zero attached hydrogens (tertiary/aromatic N) is 2. The van der Waals surface area contributed by atoms with E-state index in [1.165, 1.54) is 0 Å². The molecule has 0 aliphatic carbocycles. The maximum atomic E-state index is 9.08. The molecule has 22 heavy (non-hydrogen) atoms. The number of benzene rings is 1. The van der Waals surface area contributed by atoms with Gasteiger partial charge in [-0.1, -0.05) is 12.1 Å². The molecule has 0 saturated carbocycles. The third-order valence-corrected chi connectivity index (χ3v) is 3.55. The Labute approximate surface area is 131 Å². The Hall–Kier alpha value is -2.01. The SMILES string of the molecule is Cc1nn(CCO)c(C)c1CNc1ccccc1OC(C)C. The molecular formula is C17H25N3O2. The van der Waals surface area contributed by atoms with Gasteiger partial charge >= 0.3 is 0 Å². The maximum absolute atomic E-state index is 9.08. The Morgan fingerprint density at radius 3 is 2.68 bits per heavy atom. The highest BCUT2D eigenvalue weighted by Crippen LogP contribution is 2.26. The van der Waals surface area contributed by atoms with E-state index in [0.717, 1.165) is 28.4 Å². The van der Waals surface area contributed by atoms with E-state index in [-0.39, 0.29) is 12.7 Å². The van der Waals surface area contributed by atoms with Crippen molar-refractivity contribution in [3.8, 4) is 5.75 Å². The minimum absolute atomic E-state index is 0.0971. The highest BCUT2D eigenvalue weighted by molar-refractivity contribution is 5.56. The van der Waals surface area contributed by atoms with Crippen LogP contribution in [0.5, 0.6) is 5.75 Å². The average molecular weight is 303 g/mol. The molecule has 0 saturated heterocycles. The van der Waals surface area contributed by atoms with E-state index in [2.05, 4.69) is 10.4 Å². The highest BCUT2D eigenvalue weighted by atomic mass is 16.5. The van der Waals surface area contributed by atoms with Gasteiger partial charge in [0.25, 0.3) is 0 Å². The van der Waals surface area contributed by atoms with Crippen molar-refractivity contribution in [2.24, 2.45) is 0 Å². The molecule has 5 heteroatoms. The van der Waals surface area contributed by atoms with Gasteiger partial charge in [0.2, 0.25) is 0 Å². The van der Waals surface area contributed by atoms with Gasteiger partial charge < -0.3 is 15.2 Å². The van der Waals surface area contributed by atoms with Crippen molar-refractivity contribution in [2.45, 2.75) is 46.9 Å². The summed E-state index contributed by atoms with van der Waals surface area (Å²) in [5.41, 5.74) is 4.21. The first-order chi connectivity index (χ1) is 10.5. The van der Waals surface area contributed by atoms with Crippen LogP contribution in [0.1, 0.15) is 30.8 Å². The summed E-state index contributed by atoms with van der Waals surface area (Å²) < 4.78 is 7.67. The smallest absolute Gasteiger partial charge is 0.142 e. The fraction of sp³-hybridized carbons (Fsp3) is 0.471. The van der Waals surface area contributed by atoms with Gasteiger partial charge in [0.15, 0.2) is 0 Å². The number of hydrogen-bond donors (Lipinski definition) is 2. The summed E-state index contributed by atoms with van der Waals surface area (Å²) in [6.07, 6.45) is 0.138. The third-order valence-electron chi connectivity index (χ3n) is 3.55. The van der Waals surface area contributed by atoms with Gasteiger partial charge in [-0.25, -0.2) is 0 Å². The normalized spacial score (nSPS) is 11.0. The number of nitrogens with one attached hydrogen (secondary N) is 1. The maximum Gasteiger partial charge on any atom is 0.142 e. The van der Waals surface area contributed by atoms with E-state index in [1.807, 2.05) is 56.6 Å². The van der Waals surface area contributed by atoms with Gasteiger partial charge in [0, 0.05) is 17.8 Å². The summed E-state index contributed by atoms with van der Waals surface area (Å²) in [5.74, 6) is 0.857. The first-order valence-electron chi connectivity index (χ1n) is 7.66. The first-order valence-corrected chi connectivity index (χ1v) is 7.66. The second kappa shape index (κ2) is 7.31. The quantitative estimate of drug-likeness (QED) is 0.826. The minimum atomic E-state index is 0.0971. The van der Waals surface area contributed by atoms with Crippen molar-refractivity contribution in [3.05, 3.63) is 41.2 Å². The van der Waals surface area contributed by atoms with E-state index >= 15 is 0 Å². The number of aryl methyl sites for hydroxylation is 1. The number of aromatic nitrogens is 2. The lowest BCUT2D eigenvalue weighted by Crippen LogP contribution is -2.09. The van der Waals surface area contributed by atoms with Crippen molar-refractivity contribution < 1.29 is 9.84 Å². The van der Waals surface area contributed by atoms with Crippen LogP contribution in [0, 0.1) is 13.8 Å². The lowest BCUT2D eigenvalue weighted by molar-refractivity contribution is 0.243. The predicted octanol–water partition coefficient (Wildman–Crippen LogP) is 2.89. The van der Waals surface area contributed by atoms with Crippen molar-refractivity contribution >= 4 is 5.69 Å². The molecule has 0 unspecified atom stereocenters. The summed E-state index contributed by atoms with van der Waals surface area (Å²) in [7, 11) is 0. The standard InChI is InChI=1S/C17H25N3O2/c1-12(2)22-17-8-6-5-7-16(17)18-11-15-13(3)19-20(9-10-21)14(15)4/h5-8,12,18,21H,9-11H2,1-4H3. The average Bonchev–Trinajstić information content (AvgIpc) is 2.73. The van der Waals surface area contributed by atoms with Crippen LogP contribution in [0.3, 0.4) is 0 Å². The zero-order valence-corrected chi connectivity index (χ0v) is 13.8. The first kappa shape index (κ1) is 16.4. The molecule has 120 valence electrons. The molecule has 0 aliphatic heterocycles. The van der Waals surface area contributed by atoms with Gasteiger partial charge in [-0.15, -0.1) is 0 Å². The number of aliphatic hydroxyl groups is 1. The lowest BCUT2D eigenvalue weighted by Gasteiger charge is -2.15. The Morgan fingerprint density at radius 1 is 1.27 bits per heavy atom. The second-order valence-electron chi connectivity index (χ2n) is 5.61. The molecule has 0 radical (unpaired) electrons. The Balaban J connectivity index is 2.14. The predicted molar refractivity (Wildman–Crippen MR) is 88.3 cm³/mol. The van der Waals surface area contributed by atoms with Crippen LogP contribution in [-0.2, 0) is 13.1 Å². The second-order valence-corrected chi connectivity index (χ2v) is 5.61. The molecule has 0 spiro atoms. The Morgan fingerprint density at radius 2 is 2.00 bits per heavy atom. The molecular weight excluding hydrogens is 278 g/mol. The van der Waals surface area contributed by atoms with Crippen molar-refractivity contribution in [2.75, 3.05) is 11.9 Å². The molecule has 1 aromatic carbocycles. The fourth-order valence-electron chi connectivity index (χ4n) is 2.46. The molecule has 0 fully saturated rings. The number of para-hydroxylation sites is 2. The molecule has 0 amide bonds. The molecule has 0 atom stereocenters. The molecule has 5 nitrogen and oxygen atoms in total. The van der Waals surface area contributed by atoms with Crippen LogP contribution in [0.15, 0.2) is 24.3 Å². The Kier molecular flexibility index (Phi) is 5.44. The zero-order valence-electron chi connectivity index (χ0n) is 13.8. The van der Waals surface area contributed by atoms with Crippen LogP contribution in [0.25, 0.3) is 0 Å². The summed E-state index contributed by atoms with van der Waals surface area (Å²) in [5, 5.41) is 17.0. The van der Waals surface area contributed by atoms with Gasteiger partial charge in [-0.05, 0) is 39.8 Å². The van der Waals surface area contributed by atoms with Crippen LogP contribution >= 0.6 is 0 Å². The number of aliphatic hydroxyl groups excluding tert-OH is 1. The van der Waals surface area contributed by atoms with Crippen LogP contribution in [0.2, 0.25) is 0 Å². The number of ether oxygens (including phenoxy) is 1. The molecule has 2 rings (SSSR count). The lowest BCUT2D eigenvalue weighted by atomic mass is 10.2. The van der Waals surface area contributed by atoms with Crippen molar-refractivity contribution in [3.63, 3.8) is 0 Å².